The average Bonchev–Trinajstić information content (AvgIpc) is 2.64. The third-order valence-corrected chi connectivity index (χ3v) is 3.72. The lowest BCUT2D eigenvalue weighted by molar-refractivity contribution is 0.286. The molecule has 3 rings (SSSR count). The van der Waals surface area contributed by atoms with Crippen molar-refractivity contribution < 1.29 is 31.1 Å². The maximum absolute atomic E-state index is 14.0. The van der Waals surface area contributed by atoms with Gasteiger partial charge in [-0.25, -0.2) is 17.6 Å². The van der Waals surface area contributed by atoms with Crippen LogP contribution in [-0.2, 0) is 0 Å². The highest BCUT2D eigenvalue weighted by Gasteiger charge is 2.25. The molecular weight excluding hydrogens is 370 g/mol. The van der Waals surface area contributed by atoms with Crippen LogP contribution in [0.4, 0.5) is 26.3 Å². The molecule has 3 aromatic rings. The molecule has 0 spiro atoms. The van der Waals surface area contributed by atoms with Crippen LogP contribution in [0.3, 0.4) is 0 Å². The molecule has 0 aromatic heterocycles. The zero-order valence-corrected chi connectivity index (χ0v) is 13.8. The lowest BCUT2D eigenvalue weighted by atomic mass is 10.1. The van der Waals surface area contributed by atoms with Crippen LogP contribution >= 0.6 is 0 Å². The van der Waals surface area contributed by atoms with Gasteiger partial charge >= 0.3 is 0 Å². The van der Waals surface area contributed by atoms with Crippen molar-refractivity contribution in [2.75, 3.05) is 6.61 Å². The first-order valence-electron chi connectivity index (χ1n) is 7.73. The summed E-state index contributed by atoms with van der Waals surface area (Å²) in [5.74, 6) is -5.58. The summed E-state index contributed by atoms with van der Waals surface area (Å²) in [4.78, 5) is 0. The van der Waals surface area contributed by atoms with Crippen LogP contribution in [0.5, 0.6) is 5.75 Å². The molecule has 0 bridgehead atoms. The van der Waals surface area contributed by atoms with Gasteiger partial charge < -0.3 is 4.74 Å². The molecule has 0 aliphatic heterocycles. The summed E-state index contributed by atoms with van der Waals surface area (Å²) in [6.45, 7) is 1.21. The zero-order valence-electron chi connectivity index (χ0n) is 13.8. The van der Waals surface area contributed by atoms with Gasteiger partial charge in [-0.2, -0.15) is 8.78 Å². The molecule has 0 amide bonds. The van der Waals surface area contributed by atoms with Crippen LogP contribution in [0.25, 0.3) is 10.8 Å². The van der Waals surface area contributed by atoms with Crippen molar-refractivity contribution in [2.45, 2.75) is 6.92 Å². The molecule has 0 saturated carbocycles. The summed E-state index contributed by atoms with van der Waals surface area (Å²) >= 11 is 0. The Morgan fingerprint density at radius 3 is 1.93 bits per heavy atom. The van der Waals surface area contributed by atoms with Gasteiger partial charge in [0.05, 0.1) is 6.61 Å². The van der Waals surface area contributed by atoms with E-state index in [0.717, 1.165) is 12.1 Å². The van der Waals surface area contributed by atoms with E-state index in [9.17, 15) is 26.3 Å². The van der Waals surface area contributed by atoms with Crippen molar-refractivity contribution in [3.8, 4) is 17.6 Å². The molecule has 0 heterocycles. The Labute approximate surface area is 150 Å². The molecule has 0 saturated heterocycles. The standard InChI is InChI=1S/C20H10F6O/c1-2-27-20-18(25)16(23)13(17(24)19(20)26)6-4-10-3-5-11-8-14(21)15(22)9-12(11)7-10/h3,5,7-9H,2H2,1H3. The first-order valence-corrected chi connectivity index (χ1v) is 7.73. The first-order chi connectivity index (χ1) is 12.8. The maximum atomic E-state index is 14.0. The summed E-state index contributed by atoms with van der Waals surface area (Å²) in [6, 6.07) is 6.09. The predicted octanol–water partition coefficient (Wildman–Crippen LogP) is 5.47. The second kappa shape index (κ2) is 7.23. The minimum Gasteiger partial charge on any atom is -0.488 e. The van der Waals surface area contributed by atoms with Crippen molar-refractivity contribution >= 4 is 10.8 Å². The first kappa shape index (κ1) is 18.6. The number of hydrogen-bond acceptors (Lipinski definition) is 1. The molecule has 0 unspecified atom stereocenters. The third kappa shape index (κ3) is 3.43. The Balaban J connectivity index is 2.08. The number of halogens is 6. The van der Waals surface area contributed by atoms with Crippen molar-refractivity contribution in [2.24, 2.45) is 0 Å². The van der Waals surface area contributed by atoms with Crippen LogP contribution in [0.2, 0.25) is 0 Å². The molecule has 0 radical (unpaired) electrons. The number of ether oxygens (including phenoxy) is 1. The van der Waals surface area contributed by atoms with Gasteiger partial charge in [0.25, 0.3) is 0 Å². The maximum Gasteiger partial charge on any atom is 0.205 e. The minimum absolute atomic E-state index is 0.182. The average molecular weight is 380 g/mol. The third-order valence-electron chi connectivity index (χ3n) is 3.72. The second-order valence-electron chi connectivity index (χ2n) is 5.47. The second-order valence-corrected chi connectivity index (χ2v) is 5.47. The molecule has 0 atom stereocenters. The molecule has 3 aromatic carbocycles. The van der Waals surface area contributed by atoms with Crippen LogP contribution in [0.1, 0.15) is 18.1 Å². The molecule has 138 valence electrons. The minimum atomic E-state index is -1.68. The number of benzene rings is 3. The highest BCUT2D eigenvalue weighted by molar-refractivity contribution is 5.84. The fourth-order valence-electron chi connectivity index (χ4n) is 2.45. The number of hydrogen-bond donors (Lipinski definition) is 0. The monoisotopic (exact) mass is 380 g/mol. The molecule has 0 aliphatic carbocycles. The summed E-state index contributed by atoms with van der Waals surface area (Å²) in [7, 11) is 0. The Kier molecular flexibility index (Phi) is 5.00. The van der Waals surface area contributed by atoms with Crippen LogP contribution in [-0.4, -0.2) is 6.61 Å². The normalized spacial score (nSPS) is 10.6. The highest BCUT2D eigenvalue weighted by Crippen LogP contribution is 2.29. The van der Waals surface area contributed by atoms with E-state index < -0.39 is 46.2 Å². The Morgan fingerprint density at radius 2 is 1.33 bits per heavy atom. The van der Waals surface area contributed by atoms with E-state index in [4.69, 9.17) is 0 Å². The van der Waals surface area contributed by atoms with Gasteiger partial charge in [0.1, 0.15) is 5.56 Å². The van der Waals surface area contributed by atoms with E-state index in [1.807, 2.05) is 5.92 Å². The van der Waals surface area contributed by atoms with Gasteiger partial charge in [0.2, 0.25) is 11.6 Å². The molecule has 27 heavy (non-hydrogen) atoms. The van der Waals surface area contributed by atoms with Gasteiger partial charge in [0.15, 0.2) is 29.0 Å². The van der Waals surface area contributed by atoms with Crippen LogP contribution in [0.15, 0.2) is 30.3 Å². The fraction of sp³-hybridized carbons (Fsp3) is 0.100. The summed E-state index contributed by atoms with van der Waals surface area (Å²) < 4.78 is 86.9. The van der Waals surface area contributed by atoms with E-state index in [0.29, 0.717) is 10.8 Å². The zero-order chi connectivity index (χ0) is 19.7. The van der Waals surface area contributed by atoms with Crippen LogP contribution in [0, 0.1) is 46.7 Å². The topological polar surface area (TPSA) is 9.23 Å². The smallest absolute Gasteiger partial charge is 0.205 e. The van der Waals surface area contributed by atoms with Crippen LogP contribution < -0.4 is 4.74 Å². The lowest BCUT2D eigenvalue weighted by Gasteiger charge is -2.09. The van der Waals surface area contributed by atoms with Crippen molar-refractivity contribution in [1.82, 2.24) is 0 Å². The molecular formula is C20H10F6O. The van der Waals surface area contributed by atoms with E-state index in [2.05, 4.69) is 10.7 Å². The summed E-state index contributed by atoms with van der Waals surface area (Å²) in [5.41, 5.74) is -0.916. The number of fused-ring (bicyclic) bond motifs is 1. The quantitative estimate of drug-likeness (QED) is 0.325. The summed E-state index contributed by atoms with van der Waals surface area (Å²) in [5, 5.41) is 0.681. The van der Waals surface area contributed by atoms with Gasteiger partial charge in [-0.15, -0.1) is 0 Å². The molecule has 1 nitrogen and oxygen atoms in total. The Hall–Kier alpha value is -3.14. The fourth-order valence-corrected chi connectivity index (χ4v) is 2.45. The molecule has 7 heteroatoms. The van der Waals surface area contributed by atoms with Gasteiger partial charge in [-0.1, -0.05) is 17.9 Å². The SMILES string of the molecule is CCOc1c(F)c(F)c(C#Cc2ccc3cc(F)c(F)cc3c2)c(F)c1F. The summed E-state index contributed by atoms with van der Waals surface area (Å²) in [6.07, 6.45) is 0. The van der Waals surface area contributed by atoms with E-state index in [1.165, 1.54) is 25.1 Å². The molecule has 0 aliphatic rings. The Bertz CT molecular complexity index is 1080. The van der Waals surface area contributed by atoms with E-state index in [1.54, 1.807) is 0 Å². The van der Waals surface area contributed by atoms with Gasteiger partial charge in [-0.05, 0) is 42.0 Å². The van der Waals surface area contributed by atoms with Crippen molar-refractivity contribution in [3.63, 3.8) is 0 Å². The largest absolute Gasteiger partial charge is 0.488 e. The number of rotatable bonds is 2. The highest BCUT2D eigenvalue weighted by atomic mass is 19.2. The van der Waals surface area contributed by atoms with Crippen molar-refractivity contribution in [1.29, 1.82) is 0 Å². The van der Waals surface area contributed by atoms with E-state index >= 15 is 0 Å². The Morgan fingerprint density at radius 1 is 0.741 bits per heavy atom. The van der Waals surface area contributed by atoms with Gasteiger partial charge in [0, 0.05) is 5.56 Å². The predicted molar refractivity (Wildman–Crippen MR) is 87.3 cm³/mol. The van der Waals surface area contributed by atoms with Gasteiger partial charge in [-0.3, -0.25) is 0 Å². The van der Waals surface area contributed by atoms with Crippen molar-refractivity contribution in [3.05, 3.63) is 76.4 Å². The molecule has 0 N–H and O–H groups in total. The van der Waals surface area contributed by atoms with E-state index in [-0.39, 0.29) is 12.2 Å². The lowest BCUT2D eigenvalue weighted by Crippen LogP contribution is -2.06. The molecule has 0 fully saturated rings.